The van der Waals surface area contributed by atoms with E-state index in [1.165, 1.54) is 12.1 Å². The summed E-state index contributed by atoms with van der Waals surface area (Å²) in [6.45, 7) is 1.99. The number of benzene rings is 2. The van der Waals surface area contributed by atoms with Crippen LogP contribution in [-0.4, -0.2) is 54.4 Å². The quantitative estimate of drug-likeness (QED) is 0.470. The van der Waals surface area contributed by atoms with Gasteiger partial charge >= 0.3 is 0 Å². The molecule has 0 spiro atoms. The van der Waals surface area contributed by atoms with E-state index in [-0.39, 0.29) is 5.82 Å². The van der Waals surface area contributed by atoms with E-state index in [0.29, 0.717) is 19.7 Å². The van der Waals surface area contributed by atoms with E-state index >= 15 is 0 Å². The number of nitrogens with one attached hydrogen (secondary N) is 1. The van der Waals surface area contributed by atoms with Crippen molar-refractivity contribution in [2.75, 3.05) is 33.8 Å². The third-order valence-corrected chi connectivity index (χ3v) is 4.41. The zero-order chi connectivity index (χ0) is 20.5. The standard InChI is InChI=1S/C22H26FN5O/c1-24-22(27(2)16-17-29-21-6-4-3-5-7-21)25-14-12-19-13-15-28(26-19)20-10-8-18(23)9-11-20/h3-11,13,15H,12,14,16-17H2,1-2H3,(H,24,25). The lowest BCUT2D eigenvalue weighted by molar-refractivity contribution is 0.281. The maximum absolute atomic E-state index is 13.1. The average Bonchev–Trinajstić information content (AvgIpc) is 3.21. The molecule has 3 rings (SSSR count). The van der Waals surface area contributed by atoms with Crippen LogP contribution in [0.2, 0.25) is 0 Å². The topological polar surface area (TPSA) is 54.7 Å². The lowest BCUT2D eigenvalue weighted by Gasteiger charge is -2.22. The Morgan fingerprint density at radius 2 is 1.90 bits per heavy atom. The molecule has 0 saturated heterocycles. The van der Waals surface area contributed by atoms with Gasteiger partial charge in [-0.3, -0.25) is 4.99 Å². The zero-order valence-corrected chi connectivity index (χ0v) is 16.8. The number of aliphatic imine (C=N–C) groups is 1. The van der Waals surface area contributed by atoms with E-state index in [0.717, 1.165) is 29.5 Å². The van der Waals surface area contributed by atoms with Crippen LogP contribution in [0.1, 0.15) is 5.69 Å². The second kappa shape index (κ2) is 10.3. The van der Waals surface area contributed by atoms with Crippen LogP contribution in [-0.2, 0) is 6.42 Å². The summed E-state index contributed by atoms with van der Waals surface area (Å²) in [6.07, 6.45) is 2.63. The van der Waals surface area contributed by atoms with Gasteiger partial charge in [0, 0.05) is 33.3 Å². The molecule has 0 unspecified atom stereocenters. The van der Waals surface area contributed by atoms with Gasteiger partial charge in [-0.1, -0.05) is 18.2 Å². The molecule has 152 valence electrons. The molecule has 3 aromatic rings. The van der Waals surface area contributed by atoms with Crippen LogP contribution >= 0.6 is 0 Å². The summed E-state index contributed by atoms with van der Waals surface area (Å²) in [5.41, 5.74) is 1.78. The molecule has 6 nitrogen and oxygen atoms in total. The highest BCUT2D eigenvalue weighted by atomic mass is 19.1. The maximum Gasteiger partial charge on any atom is 0.193 e. The minimum atomic E-state index is -0.255. The fourth-order valence-corrected chi connectivity index (χ4v) is 2.84. The Labute approximate surface area is 170 Å². The van der Waals surface area contributed by atoms with E-state index in [9.17, 15) is 4.39 Å². The fraction of sp³-hybridized carbons (Fsp3) is 0.273. The van der Waals surface area contributed by atoms with Crippen molar-refractivity contribution in [1.82, 2.24) is 20.0 Å². The molecule has 29 heavy (non-hydrogen) atoms. The van der Waals surface area contributed by atoms with E-state index in [1.54, 1.807) is 23.9 Å². The predicted octanol–water partition coefficient (Wildman–Crippen LogP) is 3.14. The second-order valence-electron chi connectivity index (χ2n) is 6.54. The highest BCUT2D eigenvalue weighted by Crippen LogP contribution is 2.09. The highest BCUT2D eigenvalue weighted by Gasteiger charge is 2.07. The maximum atomic E-state index is 13.1. The first kappa shape index (κ1) is 20.4. The van der Waals surface area contributed by atoms with Crippen molar-refractivity contribution >= 4 is 5.96 Å². The van der Waals surface area contributed by atoms with Crippen LogP contribution in [0.5, 0.6) is 5.75 Å². The first-order chi connectivity index (χ1) is 14.2. The van der Waals surface area contributed by atoms with Crippen LogP contribution in [0.25, 0.3) is 5.69 Å². The summed E-state index contributed by atoms with van der Waals surface area (Å²) in [4.78, 5) is 6.35. The van der Waals surface area contributed by atoms with Gasteiger partial charge < -0.3 is 15.0 Å². The molecule has 0 saturated carbocycles. The average molecular weight is 395 g/mol. The summed E-state index contributed by atoms with van der Waals surface area (Å²) in [5.74, 6) is 1.41. The fourth-order valence-electron chi connectivity index (χ4n) is 2.84. The van der Waals surface area contributed by atoms with Crippen molar-refractivity contribution in [3.05, 3.63) is 78.4 Å². The molecule has 1 aromatic heterocycles. The van der Waals surface area contributed by atoms with Crippen molar-refractivity contribution in [2.45, 2.75) is 6.42 Å². The monoisotopic (exact) mass is 395 g/mol. The van der Waals surface area contributed by atoms with E-state index in [4.69, 9.17) is 4.74 Å². The van der Waals surface area contributed by atoms with Crippen LogP contribution in [0.4, 0.5) is 4.39 Å². The van der Waals surface area contributed by atoms with Gasteiger partial charge in [-0.2, -0.15) is 5.10 Å². The first-order valence-corrected chi connectivity index (χ1v) is 9.56. The van der Waals surface area contributed by atoms with Gasteiger partial charge in [-0.25, -0.2) is 9.07 Å². The van der Waals surface area contributed by atoms with Crippen LogP contribution in [0, 0.1) is 5.82 Å². The molecule has 0 fully saturated rings. The molecular weight excluding hydrogens is 369 g/mol. The van der Waals surface area contributed by atoms with Crippen molar-refractivity contribution < 1.29 is 9.13 Å². The Kier molecular flexibility index (Phi) is 7.22. The number of hydrogen-bond acceptors (Lipinski definition) is 3. The number of para-hydroxylation sites is 1. The van der Waals surface area contributed by atoms with Crippen LogP contribution < -0.4 is 10.1 Å². The number of ether oxygens (including phenoxy) is 1. The molecule has 1 N–H and O–H groups in total. The van der Waals surface area contributed by atoms with Gasteiger partial charge in [0.1, 0.15) is 18.2 Å². The Balaban J connectivity index is 1.43. The molecule has 2 aromatic carbocycles. The third kappa shape index (κ3) is 6.07. The summed E-state index contributed by atoms with van der Waals surface area (Å²) in [7, 11) is 3.74. The lowest BCUT2D eigenvalue weighted by atomic mass is 10.3. The van der Waals surface area contributed by atoms with Gasteiger partial charge in [-0.15, -0.1) is 0 Å². The largest absolute Gasteiger partial charge is 0.492 e. The lowest BCUT2D eigenvalue weighted by Crippen LogP contribution is -2.41. The second-order valence-corrected chi connectivity index (χ2v) is 6.54. The SMILES string of the molecule is CN=C(NCCc1ccn(-c2ccc(F)cc2)n1)N(C)CCOc1ccccc1. The zero-order valence-electron chi connectivity index (χ0n) is 16.8. The predicted molar refractivity (Wildman–Crippen MR) is 113 cm³/mol. The number of aromatic nitrogens is 2. The number of hydrogen-bond donors (Lipinski definition) is 1. The van der Waals surface area contributed by atoms with E-state index < -0.39 is 0 Å². The number of halogens is 1. The van der Waals surface area contributed by atoms with Crippen LogP contribution in [0.3, 0.4) is 0 Å². The molecule has 0 aliphatic rings. The Morgan fingerprint density at radius 3 is 2.62 bits per heavy atom. The molecule has 0 bridgehead atoms. The molecular formula is C22H26FN5O. The summed E-state index contributed by atoms with van der Waals surface area (Å²) in [6, 6.07) is 18.0. The van der Waals surface area contributed by atoms with E-state index in [2.05, 4.69) is 15.4 Å². The summed E-state index contributed by atoms with van der Waals surface area (Å²) in [5, 5.41) is 7.89. The first-order valence-electron chi connectivity index (χ1n) is 9.56. The van der Waals surface area contributed by atoms with Crippen molar-refractivity contribution in [3.8, 4) is 11.4 Å². The number of guanidine groups is 1. The Morgan fingerprint density at radius 1 is 1.14 bits per heavy atom. The highest BCUT2D eigenvalue weighted by molar-refractivity contribution is 5.79. The van der Waals surface area contributed by atoms with Crippen molar-refractivity contribution in [3.63, 3.8) is 0 Å². The molecule has 0 amide bonds. The number of rotatable bonds is 8. The van der Waals surface area contributed by atoms with Crippen molar-refractivity contribution in [1.29, 1.82) is 0 Å². The summed E-state index contributed by atoms with van der Waals surface area (Å²) < 4.78 is 20.5. The smallest absolute Gasteiger partial charge is 0.193 e. The molecule has 0 radical (unpaired) electrons. The molecule has 0 atom stereocenters. The van der Waals surface area contributed by atoms with Gasteiger partial charge in [-0.05, 0) is 42.5 Å². The molecule has 0 aliphatic carbocycles. The molecule has 0 aliphatic heterocycles. The number of likely N-dealkylation sites (N-methyl/N-ethyl adjacent to an activating group) is 1. The van der Waals surface area contributed by atoms with Gasteiger partial charge in [0.2, 0.25) is 0 Å². The summed E-state index contributed by atoms with van der Waals surface area (Å²) >= 11 is 0. The minimum Gasteiger partial charge on any atom is -0.492 e. The number of nitrogens with zero attached hydrogens (tertiary/aromatic N) is 4. The minimum absolute atomic E-state index is 0.255. The van der Waals surface area contributed by atoms with Crippen LogP contribution in [0.15, 0.2) is 71.9 Å². The Hall–Kier alpha value is -3.35. The van der Waals surface area contributed by atoms with E-state index in [1.807, 2.05) is 54.5 Å². The van der Waals surface area contributed by atoms with Crippen molar-refractivity contribution in [2.24, 2.45) is 4.99 Å². The van der Waals surface area contributed by atoms with Gasteiger partial charge in [0.15, 0.2) is 5.96 Å². The normalized spacial score (nSPS) is 11.3. The molecule has 7 heteroatoms. The molecule has 1 heterocycles. The van der Waals surface area contributed by atoms with Gasteiger partial charge in [0.25, 0.3) is 0 Å². The van der Waals surface area contributed by atoms with Gasteiger partial charge in [0.05, 0.1) is 17.9 Å². The Bertz CT molecular complexity index is 908. The third-order valence-electron chi connectivity index (χ3n) is 4.41.